The number of rotatable bonds is 4. The van der Waals surface area contributed by atoms with E-state index < -0.39 is 6.10 Å². The Bertz CT molecular complexity index is 385. The Hall–Kier alpha value is -0.910. The molecule has 0 aromatic carbocycles. The van der Waals surface area contributed by atoms with Crippen LogP contribution < -0.4 is 5.73 Å². The number of aromatic nitrogens is 1. The molecule has 1 aliphatic rings. The summed E-state index contributed by atoms with van der Waals surface area (Å²) >= 11 is 1.46. The molecule has 1 aromatic heterocycles. The predicted octanol–water partition coefficient (Wildman–Crippen LogP) is 1.75. The average Bonchev–Trinajstić information content (AvgIpc) is 2.91. The summed E-state index contributed by atoms with van der Waals surface area (Å²) < 4.78 is 0. The zero-order valence-electron chi connectivity index (χ0n) is 10.7. The molecule has 0 aliphatic carbocycles. The highest BCUT2D eigenvalue weighted by Crippen LogP contribution is 2.29. The number of hydrogen-bond acceptors (Lipinski definition) is 5. The van der Waals surface area contributed by atoms with Crippen molar-refractivity contribution >= 4 is 11.3 Å². The third-order valence-corrected chi connectivity index (χ3v) is 4.54. The normalized spacial score (nSPS) is 20.7. The van der Waals surface area contributed by atoms with Crippen molar-refractivity contribution in [3.63, 3.8) is 0 Å². The van der Waals surface area contributed by atoms with Gasteiger partial charge in [-0.15, -0.1) is 11.3 Å². The van der Waals surface area contributed by atoms with Gasteiger partial charge in [0.05, 0.1) is 0 Å². The average molecular weight is 267 g/mol. The lowest BCUT2D eigenvalue weighted by atomic mass is 9.87. The Balaban J connectivity index is 1.91. The number of aliphatic hydroxyl groups excluding tert-OH is 1. The van der Waals surface area contributed by atoms with Crippen LogP contribution in [0.3, 0.4) is 0 Å². The largest absolute Gasteiger partial charge is 0.384 e. The molecule has 3 N–H and O–H groups in total. The standard InChI is InChI=1S/C13H21N3OS/c1-9(2)16-6-3-10(4-7-16)11(14)12(17)13-15-5-8-18-13/h5,8,10-12,17H,1,3-4,6-7,14H2,2H3. The fraction of sp³-hybridized carbons (Fsp3) is 0.615. The molecule has 2 rings (SSSR count). The monoisotopic (exact) mass is 267 g/mol. The topological polar surface area (TPSA) is 62.4 Å². The minimum atomic E-state index is -0.633. The maximum absolute atomic E-state index is 10.2. The van der Waals surface area contributed by atoms with Gasteiger partial charge in [-0.05, 0) is 25.7 Å². The third kappa shape index (κ3) is 2.91. The lowest BCUT2D eigenvalue weighted by Crippen LogP contribution is -2.43. The highest BCUT2D eigenvalue weighted by Gasteiger charge is 2.30. The number of nitrogens with zero attached hydrogens (tertiary/aromatic N) is 2. The van der Waals surface area contributed by atoms with Crippen molar-refractivity contribution in [3.05, 3.63) is 28.9 Å². The van der Waals surface area contributed by atoms with E-state index in [0.29, 0.717) is 5.92 Å². The minimum Gasteiger partial charge on any atom is -0.384 e. The van der Waals surface area contributed by atoms with Crippen LogP contribution in [-0.4, -0.2) is 34.1 Å². The summed E-state index contributed by atoms with van der Waals surface area (Å²) in [5.41, 5.74) is 7.29. The number of nitrogens with two attached hydrogens (primary N) is 1. The minimum absolute atomic E-state index is 0.219. The Kier molecular flexibility index (Phi) is 4.37. The van der Waals surface area contributed by atoms with Crippen LogP contribution >= 0.6 is 11.3 Å². The van der Waals surface area contributed by atoms with E-state index in [1.165, 1.54) is 11.3 Å². The van der Waals surface area contributed by atoms with Crippen LogP contribution in [0.2, 0.25) is 0 Å². The van der Waals surface area contributed by atoms with Gasteiger partial charge in [0, 0.05) is 36.4 Å². The summed E-state index contributed by atoms with van der Waals surface area (Å²) in [6, 6.07) is -0.219. The van der Waals surface area contributed by atoms with Crippen LogP contribution in [0.15, 0.2) is 23.9 Å². The molecule has 18 heavy (non-hydrogen) atoms. The van der Waals surface area contributed by atoms with E-state index in [9.17, 15) is 5.11 Å². The molecule has 5 heteroatoms. The van der Waals surface area contributed by atoms with Gasteiger partial charge in [0.2, 0.25) is 0 Å². The molecule has 0 spiro atoms. The SMILES string of the molecule is C=C(C)N1CCC(C(N)C(O)c2nccs2)CC1. The van der Waals surface area contributed by atoms with Crippen LogP contribution in [0.25, 0.3) is 0 Å². The number of hydrogen-bond donors (Lipinski definition) is 2. The maximum atomic E-state index is 10.2. The van der Waals surface area contributed by atoms with E-state index >= 15 is 0 Å². The zero-order valence-corrected chi connectivity index (χ0v) is 11.6. The number of aliphatic hydroxyl groups is 1. The van der Waals surface area contributed by atoms with Crippen LogP contribution in [0.1, 0.15) is 30.9 Å². The molecule has 1 aromatic rings. The van der Waals surface area contributed by atoms with Crippen molar-refractivity contribution in [1.82, 2.24) is 9.88 Å². The summed E-state index contributed by atoms with van der Waals surface area (Å²) in [4.78, 5) is 6.42. The van der Waals surface area contributed by atoms with Gasteiger partial charge in [0.1, 0.15) is 11.1 Å². The van der Waals surface area contributed by atoms with E-state index in [4.69, 9.17) is 5.73 Å². The molecule has 0 radical (unpaired) electrons. The van der Waals surface area contributed by atoms with Crippen LogP contribution in [-0.2, 0) is 0 Å². The summed E-state index contributed by atoms with van der Waals surface area (Å²) in [6.07, 6.45) is 3.10. The molecule has 1 saturated heterocycles. The highest BCUT2D eigenvalue weighted by atomic mass is 32.1. The molecule has 4 nitrogen and oxygen atoms in total. The quantitative estimate of drug-likeness (QED) is 0.872. The summed E-state index contributed by atoms with van der Waals surface area (Å²) in [6.45, 7) is 7.96. The number of thiazole rings is 1. The highest BCUT2D eigenvalue weighted by molar-refractivity contribution is 7.09. The summed E-state index contributed by atoms with van der Waals surface area (Å²) in [5.74, 6) is 0.361. The molecule has 2 unspecified atom stereocenters. The second-order valence-corrected chi connectivity index (χ2v) is 5.88. The van der Waals surface area contributed by atoms with Gasteiger partial charge in [-0.3, -0.25) is 0 Å². The van der Waals surface area contributed by atoms with Gasteiger partial charge in [-0.25, -0.2) is 4.98 Å². The van der Waals surface area contributed by atoms with Gasteiger partial charge in [-0.2, -0.15) is 0 Å². The molecule has 1 aliphatic heterocycles. The fourth-order valence-corrected chi connectivity index (χ4v) is 3.15. The molecular formula is C13H21N3OS. The van der Waals surface area contributed by atoms with Crippen molar-refractivity contribution in [2.24, 2.45) is 11.7 Å². The van der Waals surface area contributed by atoms with Gasteiger partial charge in [0.25, 0.3) is 0 Å². The van der Waals surface area contributed by atoms with E-state index in [2.05, 4.69) is 16.5 Å². The van der Waals surface area contributed by atoms with Gasteiger partial charge in [0.15, 0.2) is 0 Å². The third-order valence-electron chi connectivity index (χ3n) is 3.69. The van der Waals surface area contributed by atoms with Crippen molar-refractivity contribution in [2.45, 2.75) is 31.9 Å². The van der Waals surface area contributed by atoms with Crippen molar-refractivity contribution in [2.75, 3.05) is 13.1 Å². The second-order valence-electron chi connectivity index (χ2n) is 4.95. The Labute approximate surface area is 112 Å². The second kappa shape index (κ2) is 5.82. The van der Waals surface area contributed by atoms with Gasteiger partial charge in [-0.1, -0.05) is 6.58 Å². The van der Waals surface area contributed by atoms with Crippen molar-refractivity contribution in [3.8, 4) is 0 Å². The summed E-state index contributed by atoms with van der Waals surface area (Å²) in [7, 11) is 0. The molecule has 0 amide bonds. The lowest BCUT2D eigenvalue weighted by Gasteiger charge is -2.37. The first-order chi connectivity index (χ1) is 8.59. The first-order valence-corrected chi connectivity index (χ1v) is 7.21. The van der Waals surface area contributed by atoms with E-state index in [1.807, 2.05) is 12.3 Å². The smallest absolute Gasteiger partial charge is 0.123 e. The fourth-order valence-electron chi connectivity index (χ4n) is 2.47. The first-order valence-electron chi connectivity index (χ1n) is 6.33. The van der Waals surface area contributed by atoms with E-state index in [-0.39, 0.29) is 6.04 Å². The van der Waals surface area contributed by atoms with Crippen LogP contribution in [0, 0.1) is 5.92 Å². The van der Waals surface area contributed by atoms with Gasteiger partial charge < -0.3 is 15.7 Å². The Morgan fingerprint density at radius 3 is 2.78 bits per heavy atom. The lowest BCUT2D eigenvalue weighted by molar-refractivity contribution is 0.0916. The molecule has 1 fully saturated rings. The van der Waals surface area contributed by atoms with E-state index in [0.717, 1.165) is 36.6 Å². The first kappa shape index (κ1) is 13.5. The van der Waals surface area contributed by atoms with Crippen molar-refractivity contribution in [1.29, 1.82) is 0 Å². The number of piperidine rings is 1. The van der Waals surface area contributed by atoms with Crippen LogP contribution in [0.4, 0.5) is 0 Å². The zero-order chi connectivity index (χ0) is 13.1. The van der Waals surface area contributed by atoms with Crippen LogP contribution in [0.5, 0.6) is 0 Å². The molecule has 2 heterocycles. The molecule has 0 bridgehead atoms. The molecule has 2 atom stereocenters. The van der Waals surface area contributed by atoms with Gasteiger partial charge >= 0.3 is 0 Å². The Morgan fingerprint density at radius 1 is 1.61 bits per heavy atom. The molecular weight excluding hydrogens is 246 g/mol. The molecule has 100 valence electrons. The summed E-state index contributed by atoms with van der Waals surface area (Å²) in [5, 5.41) is 12.8. The Morgan fingerprint density at radius 2 is 2.28 bits per heavy atom. The number of allylic oxidation sites excluding steroid dienone is 1. The van der Waals surface area contributed by atoms with Crippen molar-refractivity contribution < 1.29 is 5.11 Å². The number of likely N-dealkylation sites (tertiary alicyclic amines) is 1. The maximum Gasteiger partial charge on any atom is 0.123 e. The van der Waals surface area contributed by atoms with E-state index in [1.54, 1.807) is 6.20 Å². The molecule has 0 saturated carbocycles. The predicted molar refractivity (Wildman–Crippen MR) is 74.2 cm³/mol.